The minimum absolute atomic E-state index is 0.0522. The van der Waals surface area contributed by atoms with Crippen LogP contribution in [0.25, 0.3) is 0 Å². The Bertz CT molecular complexity index is 1250. The lowest BCUT2D eigenvalue weighted by Crippen LogP contribution is -2.32. The summed E-state index contributed by atoms with van der Waals surface area (Å²) in [5, 5.41) is 2.86. The van der Waals surface area contributed by atoms with Crippen molar-refractivity contribution in [1.29, 1.82) is 0 Å². The van der Waals surface area contributed by atoms with E-state index in [0.717, 1.165) is 16.4 Å². The molecule has 1 N–H and O–H groups in total. The molecule has 176 valence electrons. The van der Waals surface area contributed by atoms with Crippen LogP contribution >= 0.6 is 0 Å². The minimum Gasteiger partial charge on any atom is -0.406 e. The Labute approximate surface area is 186 Å². The summed E-state index contributed by atoms with van der Waals surface area (Å²) in [7, 11) is -2.36. The van der Waals surface area contributed by atoms with Crippen LogP contribution in [0.15, 0.2) is 60.1 Å². The standard InChI is InChI=1S/C20H19F4N5O3S/c1-28-11-18(26-12-28)33(30,31)29-9-15(19-16(21)6-3-7-25-19)17(10-29)27-13-4-2-5-14(8-13)32-20(22,23)24/h2-8,11-12,15,17,27H,9-10H2,1H3. The fourth-order valence-electron chi connectivity index (χ4n) is 3.71. The Morgan fingerprint density at radius 3 is 2.61 bits per heavy atom. The number of halogens is 4. The van der Waals surface area contributed by atoms with Crippen molar-refractivity contribution in [2.24, 2.45) is 7.05 Å². The number of nitrogens with one attached hydrogen (secondary N) is 1. The number of anilines is 1. The van der Waals surface area contributed by atoms with Crippen LogP contribution in [-0.4, -0.2) is 52.8 Å². The molecule has 1 aromatic carbocycles. The lowest BCUT2D eigenvalue weighted by Gasteiger charge is -2.21. The number of rotatable bonds is 6. The number of hydrogen-bond donors (Lipinski definition) is 1. The van der Waals surface area contributed by atoms with Crippen molar-refractivity contribution in [3.05, 3.63) is 66.6 Å². The summed E-state index contributed by atoms with van der Waals surface area (Å²) in [5.41, 5.74) is 0.302. The molecule has 2 unspecified atom stereocenters. The van der Waals surface area contributed by atoms with Gasteiger partial charge in [-0.1, -0.05) is 6.07 Å². The van der Waals surface area contributed by atoms with Gasteiger partial charge < -0.3 is 14.6 Å². The van der Waals surface area contributed by atoms with Gasteiger partial charge in [0.05, 0.1) is 12.0 Å². The fraction of sp³-hybridized carbons (Fsp3) is 0.300. The molecule has 1 fully saturated rings. The van der Waals surface area contributed by atoms with E-state index in [0.29, 0.717) is 0 Å². The minimum atomic E-state index is -4.86. The second-order valence-corrected chi connectivity index (χ2v) is 9.39. The van der Waals surface area contributed by atoms with Crippen molar-refractivity contribution >= 4 is 15.7 Å². The number of aryl methyl sites for hydroxylation is 1. The largest absolute Gasteiger partial charge is 0.573 e. The molecule has 3 aromatic rings. The first-order chi connectivity index (χ1) is 15.5. The van der Waals surface area contributed by atoms with Gasteiger partial charge in [-0.25, -0.2) is 17.8 Å². The maximum absolute atomic E-state index is 14.5. The van der Waals surface area contributed by atoms with E-state index in [2.05, 4.69) is 20.0 Å². The molecule has 0 radical (unpaired) electrons. The molecule has 0 aliphatic carbocycles. The second kappa shape index (κ2) is 8.63. The average Bonchev–Trinajstić information content (AvgIpc) is 3.35. The molecule has 0 saturated carbocycles. The Kier molecular flexibility index (Phi) is 6.01. The highest BCUT2D eigenvalue weighted by molar-refractivity contribution is 7.89. The van der Waals surface area contributed by atoms with Crippen LogP contribution in [0, 0.1) is 5.82 Å². The number of alkyl halides is 3. The lowest BCUT2D eigenvalue weighted by atomic mass is 9.98. The Morgan fingerprint density at radius 1 is 1.15 bits per heavy atom. The zero-order chi connectivity index (χ0) is 23.8. The number of benzene rings is 1. The van der Waals surface area contributed by atoms with Crippen LogP contribution in [0.1, 0.15) is 11.6 Å². The van der Waals surface area contributed by atoms with Gasteiger partial charge in [0.25, 0.3) is 10.0 Å². The predicted molar refractivity (Wildman–Crippen MR) is 109 cm³/mol. The molecule has 0 bridgehead atoms. The first-order valence-corrected chi connectivity index (χ1v) is 11.2. The van der Waals surface area contributed by atoms with E-state index in [-0.39, 0.29) is 29.5 Å². The average molecular weight is 485 g/mol. The summed E-state index contributed by atoms with van der Waals surface area (Å²) in [6.07, 6.45) is -0.770. The van der Waals surface area contributed by atoms with E-state index < -0.39 is 39.9 Å². The third-order valence-electron chi connectivity index (χ3n) is 5.13. The third kappa shape index (κ3) is 5.09. The molecule has 2 atom stereocenters. The highest BCUT2D eigenvalue weighted by Gasteiger charge is 2.42. The summed E-state index contributed by atoms with van der Waals surface area (Å²) >= 11 is 0. The Balaban J connectivity index is 1.64. The molecular formula is C20H19F4N5O3S. The summed E-state index contributed by atoms with van der Waals surface area (Å²) in [4.78, 5) is 7.98. The number of sulfonamides is 1. The van der Waals surface area contributed by atoms with Crippen LogP contribution in [0.5, 0.6) is 5.75 Å². The van der Waals surface area contributed by atoms with Crippen LogP contribution < -0.4 is 10.1 Å². The molecule has 4 rings (SSSR count). The number of ether oxygens (including phenoxy) is 1. The fourth-order valence-corrected chi connectivity index (χ4v) is 5.17. The van der Waals surface area contributed by atoms with Crippen LogP contribution in [-0.2, 0) is 17.1 Å². The highest BCUT2D eigenvalue weighted by atomic mass is 32.2. The lowest BCUT2D eigenvalue weighted by molar-refractivity contribution is -0.274. The molecule has 0 amide bonds. The van der Waals surface area contributed by atoms with E-state index in [1.807, 2.05) is 0 Å². The Hall–Kier alpha value is -3.19. The topological polar surface area (TPSA) is 89.4 Å². The van der Waals surface area contributed by atoms with Crippen LogP contribution in [0.2, 0.25) is 0 Å². The van der Waals surface area contributed by atoms with Crippen molar-refractivity contribution in [2.75, 3.05) is 18.4 Å². The molecule has 8 nitrogen and oxygen atoms in total. The molecule has 0 spiro atoms. The van der Waals surface area contributed by atoms with Crippen LogP contribution in [0.4, 0.5) is 23.2 Å². The van der Waals surface area contributed by atoms with Gasteiger partial charge in [-0.3, -0.25) is 4.98 Å². The summed E-state index contributed by atoms with van der Waals surface area (Å²) < 4.78 is 85.0. The normalized spacial score (nSPS) is 19.5. The number of imidazole rings is 1. The van der Waals surface area contributed by atoms with Crippen molar-refractivity contribution < 1.29 is 30.7 Å². The maximum atomic E-state index is 14.5. The van der Waals surface area contributed by atoms with Gasteiger partial charge in [0.1, 0.15) is 11.6 Å². The van der Waals surface area contributed by atoms with Gasteiger partial charge >= 0.3 is 6.36 Å². The van der Waals surface area contributed by atoms with Gasteiger partial charge in [-0.05, 0) is 24.3 Å². The highest BCUT2D eigenvalue weighted by Crippen LogP contribution is 2.34. The van der Waals surface area contributed by atoms with Gasteiger partial charge in [0.15, 0.2) is 5.03 Å². The van der Waals surface area contributed by atoms with Gasteiger partial charge in [-0.15, -0.1) is 13.2 Å². The summed E-state index contributed by atoms with van der Waals surface area (Å²) in [5.74, 6) is -1.76. The van der Waals surface area contributed by atoms with E-state index in [9.17, 15) is 26.0 Å². The van der Waals surface area contributed by atoms with E-state index >= 15 is 0 Å². The summed E-state index contributed by atoms with van der Waals surface area (Å²) in [6, 6.07) is 7.08. The predicted octanol–water partition coefficient (Wildman–Crippen LogP) is 3.12. The molecular weight excluding hydrogens is 466 g/mol. The van der Waals surface area contributed by atoms with Crippen molar-refractivity contribution in [3.63, 3.8) is 0 Å². The monoisotopic (exact) mass is 485 g/mol. The molecule has 1 aliphatic rings. The molecule has 1 saturated heterocycles. The second-order valence-electron chi connectivity index (χ2n) is 7.50. The number of nitrogens with zero attached hydrogens (tertiary/aromatic N) is 4. The van der Waals surface area contributed by atoms with E-state index in [1.165, 1.54) is 47.6 Å². The quantitative estimate of drug-likeness (QED) is 0.540. The van der Waals surface area contributed by atoms with Crippen molar-refractivity contribution in [1.82, 2.24) is 18.8 Å². The molecule has 3 heterocycles. The zero-order valence-electron chi connectivity index (χ0n) is 17.2. The van der Waals surface area contributed by atoms with E-state index in [1.54, 1.807) is 7.05 Å². The number of pyridine rings is 1. The number of hydrogen-bond acceptors (Lipinski definition) is 6. The van der Waals surface area contributed by atoms with Crippen LogP contribution in [0.3, 0.4) is 0 Å². The number of aromatic nitrogens is 3. The first kappa shape index (κ1) is 23.0. The molecule has 1 aliphatic heterocycles. The molecule has 33 heavy (non-hydrogen) atoms. The smallest absolute Gasteiger partial charge is 0.406 e. The van der Waals surface area contributed by atoms with Gasteiger partial charge in [0, 0.05) is 56.2 Å². The van der Waals surface area contributed by atoms with Crippen molar-refractivity contribution in [2.45, 2.75) is 23.3 Å². The van der Waals surface area contributed by atoms with E-state index in [4.69, 9.17) is 0 Å². The summed E-state index contributed by atoms with van der Waals surface area (Å²) in [6.45, 7) is -0.173. The Morgan fingerprint density at radius 2 is 1.94 bits per heavy atom. The molecule has 2 aromatic heterocycles. The SMILES string of the molecule is Cn1cnc(S(=O)(=O)N2CC(Nc3cccc(OC(F)(F)F)c3)C(c3ncccc3F)C2)c1. The van der Waals surface area contributed by atoms with Crippen molar-refractivity contribution in [3.8, 4) is 5.75 Å². The van der Waals surface area contributed by atoms with Gasteiger partial charge in [-0.2, -0.15) is 4.31 Å². The first-order valence-electron chi connectivity index (χ1n) is 9.74. The molecule has 13 heteroatoms. The maximum Gasteiger partial charge on any atom is 0.573 e. The van der Waals surface area contributed by atoms with Gasteiger partial charge in [0.2, 0.25) is 0 Å². The third-order valence-corrected chi connectivity index (χ3v) is 6.85. The zero-order valence-corrected chi connectivity index (χ0v) is 18.0.